The lowest BCUT2D eigenvalue weighted by Crippen LogP contribution is -2.55. The van der Waals surface area contributed by atoms with E-state index in [1.54, 1.807) is 0 Å². The van der Waals surface area contributed by atoms with Crippen molar-refractivity contribution in [2.45, 2.75) is 64.3 Å². The largest absolute Gasteiger partial charge is 0.382 e. The van der Waals surface area contributed by atoms with Gasteiger partial charge in [0.05, 0.1) is 0 Å². The van der Waals surface area contributed by atoms with Crippen LogP contribution >= 0.6 is 0 Å². The third kappa shape index (κ3) is 5.18. The summed E-state index contributed by atoms with van der Waals surface area (Å²) in [5.41, 5.74) is 11.0. The molecule has 1 heterocycles. The molecule has 0 aromatic rings. The van der Waals surface area contributed by atoms with Gasteiger partial charge in [-0.15, -0.1) is 0 Å². The summed E-state index contributed by atoms with van der Waals surface area (Å²) in [5.74, 6) is -1.37. The molecule has 132 valence electrons. The zero-order valence-corrected chi connectivity index (χ0v) is 14.0. The van der Waals surface area contributed by atoms with Crippen LogP contribution < -0.4 is 16.8 Å². The molecule has 4 unspecified atom stereocenters. The molecule has 4 atom stereocenters. The first-order chi connectivity index (χ1) is 10.6. The molecule has 0 radical (unpaired) electrons. The summed E-state index contributed by atoms with van der Waals surface area (Å²) < 4.78 is 0. The molecule has 6 N–H and O–H groups in total. The summed E-state index contributed by atoms with van der Waals surface area (Å²) in [5, 5.41) is 12.6. The van der Waals surface area contributed by atoms with Crippen molar-refractivity contribution >= 4 is 17.7 Å². The van der Waals surface area contributed by atoms with Gasteiger partial charge in [0.1, 0.15) is 18.2 Å². The Morgan fingerprint density at radius 2 is 1.91 bits per heavy atom. The summed E-state index contributed by atoms with van der Waals surface area (Å²) >= 11 is 0. The Labute approximate surface area is 136 Å². The number of primary amides is 1. The van der Waals surface area contributed by atoms with E-state index in [9.17, 15) is 19.5 Å². The second kappa shape index (κ2) is 8.26. The zero-order valence-electron chi connectivity index (χ0n) is 14.0. The van der Waals surface area contributed by atoms with Gasteiger partial charge in [-0.05, 0) is 32.1 Å². The predicted octanol–water partition coefficient (Wildman–Crippen LogP) is -1.30. The molecule has 0 aromatic carbocycles. The minimum absolute atomic E-state index is 0.251. The number of hydrogen-bond donors (Lipinski definition) is 4. The second-order valence-corrected chi connectivity index (χ2v) is 6.56. The van der Waals surface area contributed by atoms with E-state index in [1.165, 1.54) is 11.8 Å². The highest BCUT2D eigenvalue weighted by atomic mass is 16.3. The number of hydrogen-bond acceptors (Lipinski definition) is 5. The Morgan fingerprint density at radius 3 is 2.43 bits per heavy atom. The van der Waals surface area contributed by atoms with E-state index in [2.05, 4.69) is 5.32 Å². The van der Waals surface area contributed by atoms with Crippen LogP contribution in [0, 0.1) is 5.92 Å². The molecule has 8 nitrogen and oxygen atoms in total. The highest BCUT2D eigenvalue weighted by Gasteiger charge is 2.38. The van der Waals surface area contributed by atoms with Gasteiger partial charge in [0, 0.05) is 12.6 Å². The Balaban J connectivity index is 2.72. The molecular weight excluding hydrogens is 300 g/mol. The van der Waals surface area contributed by atoms with Crippen LogP contribution in [0.25, 0.3) is 0 Å². The highest BCUT2D eigenvalue weighted by molar-refractivity contribution is 5.92. The van der Waals surface area contributed by atoms with E-state index in [0.29, 0.717) is 25.8 Å². The van der Waals surface area contributed by atoms with Crippen LogP contribution in [0.1, 0.15) is 40.0 Å². The molecule has 1 aliphatic rings. The van der Waals surface area contributed by atoms with Gasteiger partial charge in [-0.3, -0.25) is 14.4 Å². The topological polar surface area (TPSA) is 139 Å². The Kier molecular flexibility index (Phi) is 6.96. The normalized spacial score (nSPS) is 21.8. The average Bonchev–Trinajstić information content (AvgIpc) is 2.94. The molecule has 1 rings (SSSR count). The van der Waals surface area contributed by atoms with Gasteiger partial charge >= 0.3 is 0 Å². The fraction of sp³-hybridized carbons (Fsp3) is 0.800. The van der Waals surface area contributed by atoms with E-state index < -0.39 is 42.0 Å². The first-order valence-corrected chi connectivity index (χ1v) is 7.99. The number of nitrogens with one attached hydrogen (secondary N) is 1. The molecule has 0 aromatic heterocycles. The van der Waals surface area contributed by atoms with Crippen molar-refractivity contribution in [3.63, 3.8) is 0 Å². The second-order valence-electron chi connectivity index (χ2n) is 6.56. The molecule has 1 aliphatic heterocycles. The zero-order chi connectivity index (χ0) is 17.7. The number of aliphatic hydroxyl groups excluding tert-OH is 1. The highest BCUT2D eigenvalue weighted by Crippen LogP contribution is 2.20. The van der Waals surface area contributed by atoms with Gasteiger partial charge in [-0.2, -0.15) is 0 Å². The summed E-state index contributed by atoms with van der Waals surface area (Å²) in [4.78, 5) is 37.0. The summed E-state index contributed by atoms with van der Waals surface area (Å²) in [6.07, 6.45) is 0.311. The number of likely N-dealkylation sites (tertiary alicyclic amines) is 1. The SMILES string of the molecule is CC(C)CC(N)C(O)C(=O)N1CCCC1C(=O)NC(C)C(N)=O. The van der Waals surface area contributed by atoms with Crippen molar-refractivity contribution in [2.75, 3.05) is 6.54 Å². The molecule has 0 spiro atoms. The third-order valence-corrected chi connectivity index (χ3v) is 4.03. The number of nitrogens with two attached hydrogens (primary N) is 2. The van der Waals surface area contributed by atoms with Gasteiger partial charge in [-0.1, -0.05) is 13.8 Å². The van der Waals surface area contributed by atoms with Crippen molar-refractivity contribution in [1.29, 1.82) is 0 Å². The van der Waals surface area contributed by atoms with Gasteiger partial charge < -0.3 is 26.8 Å². The van der Waals surface area contributed by atoms with Crippen molar-refractivity contribution in [3.05, 3.63) is 0 Å². The predicted molar refractivity (Wildman–Crippen MR) is 85.0 cm³/mol. The monoisotopic (exact) mass is 328 g/mol. The van der Waals surface area contributed by atoms with E-state index >= 15 is 0 Å². The number of rotatable bonds is 7. The van der Waals surface area contributed by atoms with E-state index in [4.69, 9.17) is 11.5 Å². The lowest BCUT2D eigenvalue weighted by Gasteiger charge is -2.29. The minimum atomic E-state index is -1.33. The van der Waals surface area contributed by atoms with E-state index in [1.807, 2.05) is 13.8 Å². The maximum absolute atomic E-state index is 12.4. The fourth-order valence-corrected chi connectivity index (χ4v) is 2.71. The van der Waals surface area contributed by atoms with Gasteiger partial charge in [0.25, 0.3) is 5.91 Å². The van der Waals surface area contributed by atoms with Crippen LogP contribution in [0.2, 0.25) is 0 Å². The van der Waals surface area contributed by atoms with Crippen LogP contribution in [-0.4, -0.2) is 58.5 Å². The molecule has 0 saturated carbocycles. The fourth-order valence-electron chi connectivity index (χ4n) is 2.71. The number of amides is 3. The molecule has 0 bridgehead atoms. The van der Waals surface area contributed by atoms with Gasteiger partial charge in [-0.25, -0.2) is 0 Å². The van der Waals surface area contributed by atoms with Crippen LogP contribution in [0.4, 0.5) is 0 Å². The molecule has 8 heteroatoms. The number of carbonyl (C=O) groups excluding carboxylic acids is 3. The summed E-state index contributed by atoms with van der Waals surface area (Å²) in [7, 11) is 0. The quantitative estimate of drug-likeness (QED) is 0.460. The van der Waals surface area contributed by atoms with Crippen molar-refractivity contribution < 1.29 is 19.5 Å². The number of carbonyl (C=O) groups is 3. The lowest BCUT2D eigenvalue weighted by atomic mass is 9.99. The molecule has 3 amide bonds. The van der Waals surface area contributed by atoms with Crippen LogP contribution in [0.3, 0.4) is 0 Å². The molecule has 1 saturated heterocycles. The molecule has 23 heavy (non-hydrogen) atoms. The first kappa shape index (κ1) is 19.4. The number of nitrogens with zero attached hydrogens (tertiary/aromatic N) is 1. The van der Waals surface area contributed by atoms with Crippen molar-refractivity contribution in [1.82, 2.24) is 10.2 Å². The maximum Gasteiger partial charge on any atom is 0.253 e. The Bertz CT molecular complexity index is 455. The van der Waals surface area contributed by atoms with Crippen molar-refractivity contribution in [2.24, 2.45) is 17.4 Å². The average molecular weight is 328 g/mol. The molecule has 1 fully saturated rings. The van der Waals surface area contributed by atoms with E-state index in [-0.39, 0.29) is 5.92 Å². The van der Waals surface area contributed by atoms with Gasteiger partial charge in [0.2, 0.25) is 11.8 Å². The number of aliphatic hydroxyl groups is 1. The van der Waals surface area contributed by atoms with Crippen LogP contribution in [0.5, 0.6) is 0 Å². The smallest absolute Gasteiger partial charge is 0.253 e. The van der Waals surface area contributed by atoms with Crippen molar-refractivity contribution in [3.8, 4) is 0 Å². The minimum Gasteiger partial charge on any atom is -0.382 e. The summed E-state index contributed by atoms with van der Waals surface area (Å²) in [6.45, 7) is 5.77. The third-order valence-electron chi connectivity index (χ3n) is 4.03. The van der Waals surface area contributed by atoms with Crippen LogP contribution in [-0.2, 0) is 14.4 Å². The molecular formula is C15H28N4O4. The lowest BCUT2D eigenvalue weighted by molar-refractivity contribution is -0.146. The maximum atomic E-state index is 12.4. The summed E-state index contributed by atoms with van der Waals surface area (Å²) in [6, 6.07) is -2.19. The standard InChI is InChI=1S/C15H28N4O4/c1-8(2)7-10(16)12(20)15(23)19-6-4-5-11(19)14(22)18-9(3)13(17)21/h8-12,20H,4-7,16H2,1-3H3,(H2,17,21)(H,18,22). The first-order valence-electron chi connectivity index (χ1n) is 7.99. The van der Waals surface area contributed by atoms with Crippen LogP contribution in [0.15, 0.2) is 0 Å². The van der Waals surface area contributed by atoms with E-state index in [0.717, 1.165) is 0 Å². The Morgan fingerprint density at radius 1 is 1.30 bits per heavy atom. The Hall–Kier alpha value is -1.67. The molecule has 0 aliphatic carbocycles. The van der Waals surface area contributed by atoms with Gasteiger partial charge in [0.15, 0.2) is 0 Å².